The summed E-state index contributed by atoms with van der Waals surface area (Å²) in [7, 11) is 1.58. The molecule has 1 N–H and O–H groups in total. The van der Waals surface area contributed by atoms with E-state index in [9.17, 15) is 4.79 Å². The smallest absolute Gasteiger partial charge is 0.255 e. The van der Waals surface area contributed by atoms with Crippen LogP contribution in [0.4, 0.5) is 5.69 Å². The van der Waals surface area contributed by atoms with Crippen molar-refractivity contribution in [3.05, 3.63) is 76.0 Å². The van der Waals surface area contributed by atoms with Crippen LogP contribution >= 0.6 is 23.2 Å². The van der Waals surface area contributed by atoms with E-state index in [1.54, 1.807) is 66.6 Å². The zero-order valence-corrected chi connectivity index (χ0v) is 14.9. The third kappa shape index (κ3) is 4.13. The van der Waals surface area contributed by atoms with Gasteiger partial charge in [-0.1, -0.05) is 29.3 Å². The van der Waals surface area contributed by atoms with Gasteiger partial charge in [0.2, 0.25) is 0 Å². The molecule has 0 bridgehead atoms. The Kier molecular flexibility index (Phi) is 5.26. The van der Waals surface area contributed by atoms with Crippen LogP contribution in [-0.2, 0) is 6.54 Å². The van der Waals surface area contributed by atoms with Crippen molar-refractivity contribution >= 4 is 34.8 Å². The van der Waals surface area contributed by atoms with Gasteiger partial charge >= 0.3 is 0 Å². The van der Waals surface area contributed by atoms with Gasteiger partial charge in [0.1, 0.15) is 5.75 Å². The monoisotopic (exact) mass is 375 g/mol. The summed E-state index contributed by atoms with van der Waals surface area (Å²) in [5.74, 6) is 0.471. The fourth-order valence-corrected chi connectivity index (χ4v) is 2.82. The van der Waals surface area contributed by atoms with E-state index in [1.807, 2.05) is 0 Å². The molecule has 0 fully saturated rings. The van der Waals surface area contributed by atoms with Crippen LogP contribution in [0.5, 0.6) is 5.75 Å². The zero-order chi connectivity index (χ0) is 17.8. The molecule has 1 heterocycles. The number of methoxy groups -OCH3 is 1. The van der Waals surface area contributed by atoms with Crippen LogP contribution in [0.15, 0.2) is 54.9 Å². The van der Waals surface area contributed by atoms with Crippen molar-refractivity contribution in [3.63, 3.8) is 0 Å². The fourth-order valence-electron chi connectivity index (χ4n) is 2.31. The number of anilines is 1. The number of carbonyl (C=O) groups is 1. The van der Waals surface area contributed by atoms with E-state index in [0.29, 0.717) is 33.6 Å². The van der Waals surface area contributed by atoms with Crippen molar-refractivity contribution in [1.29, 1.82) is 0 Å². The normalized spacial score (nSPS) is 10.5. The molecule has 7 heteroatoms. The minimum atomic E-state index is -0.224. The molecule has 0 unspecified atom stereocenters. The molecule has 3 rings (SSSR count). The van der Waals surface area contributed by atoms with Crippen LogP contribution in [0.3, 0.4) is 0 Å². The number of benzene rings is 2. The number of aromatic nitrogens is 2. The van der Waals surface area contributed by atoms with E-state index in [-0.39, 0.29) is 5.91 Å². The maximum absolute atomic E-state index is 12.3. The maximum Gasteiger partial charge on any atom is 0.255 e. The summed E-state index contributed by atoms with van der Waals surface area (Å²) in [5.41, 5.74) is 1.90. The molecular weight excluding hydrogens is 361 g/mol. The lowest BCUT2D eigenvalue weighted by molar-refractivity contribution is 0.102. The Morgan fingerprint density at radius 1 is 1.16 bits per heavy atom. The Bertz CT molecular complexity index is 871. The summed E-state index contributed by atoms with van der Waals surface area (Å²) >= 11 is 12.3. The number of nitrogens with zero attached hydrogens (tertiary/aromatic N) is 2. The fraction of sp³-hybridized carbons (Fsp3) is 0.111. The highest BCUT2D eigenvalue weighted by atomic mass is 35.5. The Labute approximate surface area is 155 Å². The van der Waals surface area contributed by atoms with Gasteiger partial charge in [-0.3, -0.25) is 9.48 Å². The van der Waals surface area contributed by atoms with Gasteiger partial charge in [-0.2, -0.15) is 5.10 Å². The van der Waals surface area contributed by atoms with Crippen molar-refractivity contribution in [3.8, 4) is 5.75 Å². The first-order chi connectivity index (χ1) is 12.1. The molecule has 0 radical (unpaired) electrons. The highest BCUT2D eigenvalue weighted by molar-refractivity contribution is 6.35. The molecule has 1 aromatic heterocycles. The molecule has 0 spiro atoms. The van der Waals surface area contributed by atoms with Crippen LogP contribution in [0.25, 0.3) is 0 Å². The molecule has 0 aliphatic carbocycles. The van der Waals surface area contributed by atoms with Gasteiger partial charge in [-0.05, 0) is 36.4 Å². The summed E-state index contributed by atoms with van der Waals surface area (Å²) in [4.78, 5) is 12.3. The lowest BCUT2D eigenvalue weighted by Gasteiger charge is -2.07. The number of carbonyl (C=O) groups excluding carboxylic acids is 1. The second-order valence-electron chi connectivity index (χ2n) is 5.31. The van der Waals surface area contributed by atoms with Crippen LogP contribution in [0.2, 0.25) is 10.0 Å². The quantitative estimate of drug-likeness (QED) is 0.714. The minimum absolute atomic E-state index is 0.224. The van der Waals surface area contributed by atoms with Gasteiger partial charge in [0.05, 0.1) is 25.5 Å². The molecule has 0 saturated heterocycles. The van der Waals surface area contributed by atoms with Gasteiger partial charge in [-0.25, -0.2) is 0 Å². The summed E-state index contributed by atoms with van der Waals surface area (Å²) in [5, 5.41) is 8.19. The van der Waals surface area contributed by atoms with Crippen molar-refractivity contribution in [2.45, 2.75) is 6.54 Å². The van der Waals surface area contributed by atoms with Crippen LogP contribution < -0.4 is 10.1 Å². The Balaban J connectivity index is 1.70. The number of ether oxygens (including phenoxy) is 1. The number of hydrogen-bond donors (Lipinski definition) is 1. The molecule has 3 aromatic rings. The summed E-state index contributed by atoms with van der Waals surface area (Å²) in [6, 6.07) is 12.2. The third-order valence-corrected chi connectivity index (χ3v) is 4.33. The van der Waals surface area contributed by atoms with Crippen molar-refractivity contribution in [2.24, 2.45) is 0 Å². The molecular formula is C18H15Cl2N3O2. The summed E-state index contributed by atoms with van der Waals surface area (Å²) in [6.07, 6.45) is 3.30. The second-order valence-corrected chi connectivity index (χ2v) is 6.12. The van der Waals surface area contributed by atoms with Gasteiger partial charge < -0.3 is 10.1 Å². The molecule has 5 nitrogen and oxygen atoms in total. The Morgan fingerprint density at radius 2 is 1.84 bits per heavy atom. The predicted octanol–water partition coefficient (Wildman–Crippen LogP) is 4.50. The van der Waals surface area contributed by atoms with Gasteiger partial charge in [-0.15, -0.1) is 0 Å². The van der Waals surface area contributed by atoms with E-state index < -0.39 is 0 Å². The molecule has 0 saturated carbocycles. The average molecular weight is 376 g/mol. The van der Waals surface area contributed by atoms with Crippen molar-refractivity contribution in [2.75, 3.05) is 12.4 Å². The van der Waals surface area contributed by atoms with Crippen LogP contribution in [-0.4, -0.2) is 22.8 Å². The Morgan fingerprint density at radius 3 is 2.48 bits per heavy atom. The molecule has 0 atom stereocenters. The van der Waals surface area contributed by atoms with Gasteiger partial charge in [0.15, 0.2) is 0 Å². The minimum Gasteiger partial charge on any atom is -0.497 e. The lowest BCUT2D eigenvalue weighted by atomic mass is 10.2. The molecule has 1 amide bonds. The largest absolute Gasteiger partial charge is 0.497 e. The predicted molar refractivity (Wildman–Crippen MR) is 98.7 cm³/mol. The highest BCUT2D eigenvalue weighted by Gasteiger charge is 2.10. The van der Waals surface area contributed by atoms with Crippen LogP contribution in [0.1, 0.15) is 15.9 Å². The first kappa shape index (κ1) is 17.3. The van der Waals surface area contributed by atoms with E-state index in [0.717, 1.165) is 5.56 Å². The number of hydrogen-bond acceptors (Lipinski definition) is 3. The van der Waals surface area contributed by atoms with Gasteiger partial charge in [0.25, 0.3) is 5.91 Å². The second kappa shape index (κ2) is 7.59. The first-order valence-electron chi connectivity index (χ1n) is 7.47. The number of halogens is 2. The van der Waals surface area contributed by atoms with Crippen LogP contribution in [0, 0.1) is 0 Å². The van der Waals surface area contributed by atoms with Crippen molar-refractivity contribution in [1.82, 2.24) is 9.78 Å². The molecule has 25 heavy (non-hydrogen) atoms. The zero-order valence-electron chi connectivity index (χ0n) is 13.4. The van der Waals surface area contributed by atoms with E-state index in [4.69, 9.17) is 27.9 Å². The summed E-state index contributed by atoms with van der Waals surface area (Å²) < 4.78 is 6.74. The van der Waals surface area contributed by atoms with Crippen molar-refractivity contribution < 1.29 is 9.53 Å². The molecule has 0 aliphatic heterocycles. The SMILES string of the molecule is COc1ccc(C(=O)Nc2cnn(Cc3c(Cl)cccc3Cl)c2)cc1. The topological polar surface area (TPSA) is 56.1 Å². The lowest BCUT2D eigenvalue weighted by Crippen LogP contribution is -2.11. The molecule has 128 valence electrons. The first-order valence-corrected chi connectivity index (χ1v) is 8.23. The number of amides is 1. The van der Waals surface area contributed by atoms with E-state index in [2.05, 4.69) is 10.4 Å². The highest BCUT2D eigenvalue weighted by Crippen LogP contribution is 2.25. The Hall–Kier alpha value is -2.50. The average Bonchev–Trinajstić information content (AvgIpc) is 3.05. The maximum atomic E-state index is 12.3. The number of rotatable bonds is 5. The van der Waals surface area contributed by atoms with E-state index in [1.165, 1.54) is 0 Å². The molecule has 2 aromatic carbocycles. The van der Waals surface area contributed by atoms with E-state index >= 15 is 0 Å². The number of nitrogens with one attached hydrogen (secondary N) is 1. The third-order valence-electron chi connectivity index (χ3n) is 3.63. The molecule has 0 aliphatic rings. The summed E-state index contributed by atoms with van der Waals surface area (Å²) in [6.45, 7) is 0.414. The standard InChI is InChI=1S/C18H15Cl2N3O2/c1-25-14-7-5-12(6-8-14)18(24)22-13-9-21-23(10-13)11-15-16(19)3-2-4-17(15)20/h2-10H,11H2,1H3,(H,22,24). The van der Waals surface area contributed by atoms with Gasteiger partial charge in [0, 0.05) is 27.4 Å².